The van der Waals surface area contributed by atoms with Crippen LogP contribution >= 0.6 is 0 Å². The van der Waals surface area contributed by atoms with E-state index < -0.39 is 0 Å². The third-order valence-corrected chi connectivity index (χ3v) is 10.7. The monoisotopic (exact) mass is 761 g/mol. The number of benzene rings is 6. The van der Waals surface area contributed by atoms with Crippen LogP contribution in [0.3, 0.4) is 0 Å². The first kappa shape index (κ1) is 38.5. The number of rotatable bonds is 13. The maximum Gasteiger partial charge on any atom is 0.0712 e. The molecule has 2 aromatic heterocycles. The summed E-state index contributed by atoms with van der Waals surface area (Å²) in [6.07, 6.45) is 18.5. The number of hydrogen-bond donors (Lipinski definition) is 1. The fourth-order valence-electron chi connectivity index (χ4n) is 7.81. The van der Waals surface area contributed by atoms with Crippen molar-refractivity contribution in [3.63, 3.8) is 0 Å². The number of aryl methyl sites for hydroxylation is 2. The first-order valence-electron chi connectivity index (χ1n) is 20.3. The summed E-state index contributed by atoms with van der Waals surface area (Å²) in [7, 11) is 0. The molecule has 0 atom stereocenters. The zero-order chi connectivity index (χ0) is 40.4. The number of nitrogens with two attached hydrogens (primary N) is 1. The Morgan fingerprint density at radius 2 is 1.27 bits per heavy atom. The molecule has 0 saturated heterocycles. The van der Waals surface area contributed by atoms with Gasteiger partial charge in [0, 0.05) is 34.8 Å². The van der Waals surface area contributed by atoms with Crippen molar-refractivity contribution in [2.45, 2.75) is 26.2 Å². The summed E-state index contributed by atoms with van der Waals surface area (Å²) in [5, 5.41) is 4.94. The molecule has 0 radical (unpaired) electrons. The Morgan fingerprint density at radius 3 is 1.93 bits per heavy atom. The van der Waals surface area contributed by atoms with Crippen LogP contribution in [0.1, 0.15) is 35.6 Å². The van der Waals surface area contributed by atoms with Crippen molar-refractivity contribution < 1.29 is 0 Å². The van der Waals surface area contributed by atoms with Gasteiger partial charge >= 0.3 is 0 Å². The van der Waals surface area contributed by atoms with Crippen LogP contribution in [0.4, 0.5) is 0 Å². The highest BCUT2D eigenvalue weighted by Gasteiger charge is 2.14. The second kappa shape index (κ2) is 18.3. The highest BCUT2D eigenvalue weighted by atomic mass is 14.7. The van der Waals surface area contributed by atoms with Crippen molar-refractivity contribution in [3.8, 4) is 33.6 Å². The van der Waals surface area contributed by atoms with E-state index in [9.17, 15) is 0 Å². The van der Waals surface area contributed by atoms with E-state index in [4.69, 9.17) is 10.7 Å². The molecule has 0 bridgehead atoms. The van der Waals surface area contributed by atoms with E-state index in [2.05, 4.69) is 175 Å². The third kappa shape index (κ3) is 9.12. The van der Waals surface area contributed by atoms with Gasteiger partial charge in [0.1, 0.15) is 0 Å². The third-order valence-electron chi connectivity index (χ3n) is 10.7. The normalized spacial score (nSPS) is 12.4. The van der Waals surface area contributed by atoms with Gasteiger partial charge in [-0.15, -0.1) is 0 Å². The van der Waals surface area contributed by atoms with Gasteiger partial charge in [-0.05, 0) is 129 Å². The van der Waals surface area contributed by atoms with Gasteiger partial charge in [0.15, 0.2) is 0 Å². The lowest BCUT2D eigenvalue weighted by atomic mass is 9.89. The second-order valence-electron chi connectivity index (χ2n) is 14.8. The summed E-state index contributed by atoms with van der Waals surface area (Å²) in [5.74, 6) is 0. The van der Waals surface area contributed by atoms with Gasteiger partial charge in [-0.1, -0.05) is 158 Å². The molecule has 2 N–H and O–H groups in total. The standard InChI is InChI=1S/C56H47N3/c1-3-16-40(17-4-2)29-30-45(38-54(57)47-23-15-31-58-39-47)48-32-41(33-49(36-48)53-37-46-22-11-12-24-50(46)51-25-13-14-26-52(51)53)27-28-42-34-55(43-18-7-5-8-19-43)59-56(35-42)44-20-9-6-10-21-44/h3-26,30-39H,1,27-29,57H2,2H3/b17-4-,40-16+,45-30+,54-38-. The zero-order valence-corrected chi connectivity index (χ0v) is 33.4. The first-order valence-corrected chi connectivity index (χ1v) is 20.3. The number of fused-ring (bicyclic) bond motifs is 3. The van der Waals surface area contributed by atoms with Gasteiger partial charge in [0.25, 0.3) is 0 Å². The van der Waals surface area contributed by atoms with Crippen LogP contribution in [0.5, 0.6) is 0 Å². The fourth-order valence-corrected chi connectivity index (χ4v) is 7.81. The summed E-state index contributed by atoms with van der Waals surface area (Å²) >= 11 is 0. The van der Waals surface area contributed by atoms with Crippen molar-refractivity contribution in [2.24, 2.45) is 5.73 Å². The molecule has 8 rings (SSSR count). The van der Waals surface area contributed by atoms with Gasteiger partial charge in [-0.3, -0.25) is 4.98 Å². The summed E-state index contributed by atoms with van der Waals surface area (Å²) in [5.41, 5.74) is 20.7. The topological polar surface area (TPSA) is 51.8 Å². The predicted octanol–water partition coefficient (Wildman–Crippen LogP) is 14.0. The number of pyridine rings is 2. The van der Waals surface area contributed by atoms with Gasteiger partial charge in [0.2, 0.25) is 0 Å². The Kier molecular flexibility index (Phi) is 11.9. The molecule has 6 aromatic carbocycles. The van der Waals surface area contributed by atoms with Gasteiger partial charge in [-0.2, -0.15) is 0 Å². The highest BCUT2D eigenvalue weighted by molar-refractivity contribution is 6.13. The van der Waals surface area contributed by atoms with Crippen molar-refractivity contribution in [2.75, 3.05) is 0 Å². The average Bonchev–Trinajstić information content (AvgIpc) is 3.30. The number of nitrogens with zero attached hydrogens (tertiary/aromatic N) is 2. The van der Waals surface area contributed by atoms with E-state index in [1.165, 1.54) is 43.8 Å². The van der Waals surface area contributed by atoms with Gasteiger partial charge in [0.05, 0.1) is 11.4 Å². The molecule has 0 aliphatic carbocycles. The van der Waals surface area contributed by atoms with Crippen LogP contribution in [0.2, 0.25) is 0 Å². The molecule has 0 saturated carbocycles. The molecule has 0 aliphatic heterocycles. The molecule has 0 unspecified atom stereocenters. The summed E-state index contributed by atoms with van der Waals surface area (Å²) in [4.78, 5) is 9.50. The maximum atomic E-state index is 6.87. The Bertz CT molecular complexity index is 2810. The Morgan fingerprint density at radius 1 is 0.627 bits per heavy atom. The Hall–Kier alpha value is -7.36. The molecule has 8 aromatic rings. The number of hydrogen-bond acceptors (Lipinski definition) is 3. The van der Waals surface area contributed by atoms with Crippen LogP contribution in [-0.4, -0.2) is 9.97 Å². The fraction of sp³-hybridized carbons (Fsp3) is 0.0714. The van der Waals surface area contributed by atoms with Crippen molar-refractivity contribution in [1.82, 2.24) is 9.97 Å². The van der Waals surface area contributed by atoms with Crippen molar-refractivity contribution in [3.05, 3.63) is 241 Å². The van der Waals surface area contributed by atoms with Gasteiger partial charge in [-0.25, -0.2) is 4.98 Å². The maximum absolute atomic E-state index is 6.87. The molecule has 2 heterocycles. The van der Waals surface area contributed by atoms with E-state index in [1.807, 2.05) is 43.5 Å². The largest absolute Gasteiger partial charge is 0.398 e. The molecule has 0 amide bonds. The predicted molar refractivity (Wildman–Crippen MR) is 251 cm³/mol. The van der Waals surface area contributed by atoms with E-state index >= 15 is 0 Å². The van der Waals surface area contributed by atoms with E-state index in [0.29, 0.717) is 12.1 Å². The van der Waals surface area contributed by atoms with Crippen LogP contribution in [0.25, 0.3) is 66.5 Å². The van der Waals surface area contributed by atoms with Crippen molar-refractivity contribution in [1.29, 1.82) is 0 Å². The van der Waals surface area contributed by atoms with E-state index in [-0.39, 0.29) is 0 Å². The zero-order valence-electron chi connectivity index (χ0n) is 33.4. The average molecular weight is 762 g/mol. The van der Waals surface area contributed by atoms with E-state index in [0.717, 1.165) is 57.6 Å². The second-order valence-corrected chi connectivity index (χ2v) is 14.8. The Balaban J connectivity index is 1.29. The quantitative estimate of drug-likeness (QED) is 0.0940. The van der Waals surface area contributed by atoms with Crippen LogP contribution in [-0.2, 0) is 12.8 Å². The smallest absolute Gasteiger partial charge is 0.0712 e. The van der Waals surface area contributed by atoms with E-state index in [1.54, 1.807) is 6.20 Å². The molecule has 59 heavy (non-hydrogen) atoms. The highest BCUT2D eigenvalue weighted by Crippen LogP contribution is 2.37. The summed E-state index contributed by atoms with van der Waals surface area (Å²) in [6.45, 7) is 6.02. The van der Waals surface area contributed by atoms with Crippen LogP contribution in [0, 0.1) is 0 Å². The lowest BCUT2D eigenvalue weighted by Crippen LogP contribution is -2.00. The molecule has 0 fully saturated rings. The molecular formula is C56H47N3. The Labute approximate surface area is 348 Å². The molecule has 0 aliphatic rings. The minimum absolute atomic E-state index is 0.659. The lowest BCUT2D eigenvalue weighted by Gasteiger charge is -2.16. The molecule has 3 nitrogen and oxygen atoms in total. The number of aromatic nitrogens is 2. The summed E-state index contributed by atoms with van der Waals surface area (Å²) in [6, 6.07) is 56.2. The van der Waals surface area contributed by atoms with Crippen LogP contribution in [0.15, 0.2) is 219 Å². The molecule has 3 heteroatoms. The van der Waals surface area contributed by atoms with Crippen LogP contribution < -0.4 is 5.73 Å². The lowest BCUT2D eigenvalue weighted by molar-refractivity contribution is 0.956. The van der Waals surface area contributed by atoms with Gasteiger partial charge < -0.3 is 5.73 Å². The first-order chi connectivity index (χ1) is 29.1. The molecule has 286 valence electrons. The molecule has 0 spiro atoms. The summed E-state index contributed by atoms with van der Waals surface area (Å²) < 4.78 is 0. The SMILES string of the molecule is C=C/C=C(\C=C/C)C/C=C(\C=C(/N)c1cccnc1)c1cc(CCc2cc(-c3ccccc3)nc(-c3ccccc3)c2)cc(-c2cc3ccccc3c3ccccc23)c1. The minimum Gasteiger partial charge on any atom is -0.398 e. The molecular weight excluding hydrogens is 715 g/mol. The van der Waals surface area contributed by atoms with Crippen molar-refractivity contribution >= 4 is 32.8 Å². The minimum atomic E-state index is 0.659. The number of allylic oxidation sites excluding steroid dienone is 8.